The van der Waals surface area contributed by atoms with Crippen molar-refractivity contribution in [1.29, 1.82) is 0 Å². The van der Waals surface area contributed by atoms with Crippen molar-refractivity contribution in [2.75, 3.05) is 48.5 Å². The zero-order valence-electron chi connectivity index (χ0n) is 24.1. The van der Waals surface area contributed by atoms with Gasteiger partial charge in [-0.1, -0.05) is 110 Å². The van der Waals surface area contributed by atoms with Gasteiger partial charge in [0.15, 0.2) is 0 Å². The van der Waals surface area contributed by atoms with Crippen LogP contribution >= 0.6 is 0 Å². The van der Waals surface area contributed by atoms with Crippen molar-refractivity contribution in [3.63, 3.8) is 0 Å². The molecule has 0 rings (SSSR count). The van der Waals surface area contributed by atoms with Gasteiger partial charge in [0, 0.05) is 33.8 Å². The normalized spacial score (nSPS) is 12.2. The summed E-state index contributed by atoms with van der Waals surface area (Å²) in [5, 5.41) is 0. The number of halogens is 1. The first-order valence-electron chi connectivity index (χ1n) is 14.4. The van der Waals surface area contributed by atoms with Gasteiger partial charge >= 0.3 is 8.80 Å². The van der Waals surface area contributed by atoms with Gasteiger partial charge in [0.05, 0.1) is 27.2 Å². The van der Waals surface area contributed by atoms with Crippen LogP contribution in [0.4, 0.5) is 0 Å². The monoisotopic (exact) mass is 615 g/mol. The van der Waals surface area contributed by atoms with Crippen LogP contribution in [0.25, 0.3) is 0 Å². The highest BCUT2D eigenvalue weighted by Gasteiger charge is 2.37. The molecule has 34 heavy (non-hydrogen) atoms. The van der Waals surface area contributed by atoms with Gasteiger partial charge in [-0.3, -0.25) is 0 Å². The van der Waals surface area contributed by atoms with E-state index in [1.165, 1.54) is 122 Å². The van der Waals surface area contributed by atoms with E-state index in [-0.39, 0.29) is 24.0 Å². The van der Waals surface area contributed by atoms with Crippen LogP contribution in [0.5, 0.6) is 0 Å². The lowest BCUT2D eigenvalue weighted by Gasteiger charge is -2.31. The van der Waals surface area contributed by atoms with E-state index in [0.29, 0.717) is 0 Å². The minimum absolute atomic E-state index is 0. The molecule has 0 fully saturated rings. The fourth-order valence-corrected chi connectivity index (χ4v) is 6.54. The van der Waals surface area contributed by atoms with Crippen molar-refractivity contribution in [1.82, 2.24) is 0 Å². The van der Waals surface area contributed by atoms with E-state index in [9.17, 15) is 0 Å². The fraction of sp³-hybridized carbons (Fsp3) is 1.00. The van der Waals surface area contributed by atoms with E-state index in [1.807, 2.05) is 0 Å². The third-order valence-corrected chi connectivity index (χ3v) is 10.1. The van der Waals surface area contributed by atoms with Gasteiger partial charge in [-0.05, 0) is 12.8 Å². The number of hydrogen-bond donors (Lipinski definition) is 0. The van der Waals surface area contributed by atoms with Gasteiger partial charge in [0.2, 0.25) is 0 Å². The van der Waals surface area contributed by atoms with E-state index < -0.39 is 8.80 Å². The lowest BCUT2D eigenvalue weighted by Crippen LogP contribution is -3.00. The predicted octanol–water partition coefficient (Wildman–Crippen LogP) is 5.38. The summed E-state index contributed by atoms with van der Waals surface area (Å²) < 4.78 is 17.7. The Hall–Kier alpha value is 0.787. The second-order valence-electron chi connectivity index (χ2n) is 10.8. The standard InChI is InChI=1S/C28H62NO3Si.HI/c1-7-8-9-10-11-12-13-14-15-16-17-18-19-20-21-22-23-24-26-29(2,3)27-25-28-33(30-4,31-5)32-6;/h7-28H2,1-6H3;1H/q+1;/p-1. The molecule has 0 amide bonds. The molecule has 0 heterocycles. The SMILES string of the molecule is CCCCCCCCCCCCCCCCCCCC[N+](C)(C)CCC[Si](OC)(OC)OC.[I-]. The van der Waals surface area contributed by atoms with Crippen molar-refractivity contribution in [2.24, 2.45) is 0 Å². The molecule has 0 unspecified atom stereocenters. The largest absolute Gasteiger partial charge is 1.00 e. The van der Waals surface area contributed by atoms with E-state index in [2.05, 4.69) is 21.0 Å². The Labute approximate surface area is 233 Å². The molecule has 208 valence electrons. The molecule has 0 aliphatic heterocycles. The molecule has 0 bridgehead atoms. The van der Waals surface area contributed by atoms with Crippen molar-refractivity contribution >= 4 is 8.80 Å². The van der Waals surface area contributed by atoms with Crippen LogP contribution in [0.3, 0.4) is 0 Å². The lowest BCUT2D eigenvalue weighted by molar-refractivity contribution is -0.890. The first kappa shape index (κ1) is 36.9. The zero-order valence-corrected chi connectivity index (χ0v) is 27.3. The molecule has 0 aromatic heterocycles. The summed E-state index contributed by atoms with van der Waals surface area (Å²) in [6.07, 6.45) is 27.0. The summed E-state index contributed by atoms with van der Waals surface area (Å²) in [6.45, 7) is 4.72. The summed E-state index contributed by atoms with van der Waals surface area (Å²) in [4.78, 5) is 0. The molecule has 4 nitrogen and oxygen atoms in total. The van der Waals surface area contributed by atoms with Gasteiger partial charge in [-0.15, -0.1) is 0 Å². The second kappa shape index (κ2) is 25.4. The molecule has 0 N–H and O–H groups in total. The van der Waals surface area contributed by atoms with Gasteiger partial charge in [0.1, 0.15) is 0 Å². The molecule has 0 saturated heterocycles. The van der Waals surface area contributed by atoms with Crippen molar-refractivity contribution < 1.29 is 41.7 Å². The van der Waals surface area contributed by atoms with Crippen molar-refractivity contribution in [3.8, 4) is 0 Å². The Balaban J connectivity index is 0. The number of unbranched alkanes of at least 4 members (excludes halogenated alkanes) is 17. The summed E-state index contributed by atoms with van der Waals surface area (Å²) in [6, 6.07) is 0.900. The first-order valence-corrected chi connectivity index (χ1v) is 16.4. The highest BCUT2D eigenvalue weighted by molar-refractivity contribution is 6.60. The van der Waals surface area contributed by atoms with Gasteiger partial charge < -0.3 is 41.7 Å². The van der Waals surface area contributed by atoms with Crippen LogP contribution in [-0.4, -0.2) is 61.8 Å². The third-order valence-electron chi connectivity index (χ3n) is 7.30. The molecule has 6 heteroatoms. The summed E-state index contributed by atoms with van der Waals surface area (Å²) >= 11 is 0. The molecule has 0 aromatic carbocycles. The summed E-state index contributed by atoms with van der Waals surface area (Å²) in [5.41, 5.74) is 0. The van der Waals surface area contributed by atoms with E-state index in [1.54, 1.807) is 21.3 Å². The smallest absolute Gasteiger partial charge is 0.500 e. The molecule has 0 spiro atoms. The molecule has 0 radical (unpaired) electrons. The molecular formula is C28H62INO3Si. The number of nitrogens with zero attached hydrogens (tertiary/aromatic N) is 1. The summed E-state index contributed by atoms with van der Waals surface area (Å²) in [5.74, 6) is 0. The minimum atomic E-state index is -2.41. The van der Waals surface area contributed by atoms with Crippen molar-refractivity contribution in [2.45, 2.75) is 135 Å². The number of rotatable bonds is 26. The Kier molecular flexibility index (Phi) is 27.6. The zero-order chi connectivity index (χ0) is 24.7. The average Bonchev–Trinajstić information content (AvgIpc) is 2.81. The topological polar surface area (TPSA) is 27.7 Å². The Morgan fingerprint density at radius 3 is 1.09 bits per heavy atom. The van der Waals surface area contributed by atoms with E-state index >= 15 is 0 Å². The lowest BCUT2D eigenvalue weighted by atomic mass is 10.0. The quantitative estimate of drug-likeness (QED) is 0.0567. The first-order chi connectivity index (χ1) is 15.9. The number of hydrogen-bond acceptors (Lipinski definition) is 3. The van der Waals surface area contributed by atoms with Crippen LogP contribution in [0.15, 0.2) is 0 Å². The number of quaternary nitrogens is 1. The molecular weight excluding hydrogens is 553 g/mol. The van der Waals surface area contributed by atoms with Gasteiger partial charge in [-0.25, -0.2) is 0 Å². The molecule has 0 aliphatic rings. The maximum atomic E-state index is 5.54. The van der Waals surface area contributed by atoms with Crippen molar-refractivity contribution in [3.05, 3.63) is 0 Å². The van der Waals surface area contributed by atoms with Crippen LogP contribution < -0.4 is 24.0 Å². The highest BCUT2D eigenvalue weighted by Crippen LogP contribution is 2.18. The van der Waals surface area contributed by atoms with Gasteiger partial charge in [-0.2, -0.15) is 0 Å². The average molecular weight is 616 g/mol. The van der Waals surface area contributed by atoms with Gasteiger partial charge in [0.25, 0.3) is 0 Å². The van der Waals surface area contributed by atoms with E-state index in [0.717, 1.165) is 23.5 Å². The second-order valence-corrected chi connectivity index (χ2v) is 13.9. The predicted molar refractivity (Wildman–Crippen MR) is 147 cm³/mol. The Morgan fingerprint density at radius 2 is 0.765 bits per heavy atom. The van der Waals surface area contributed by atoms with Crippen LogP contribution in [-0.2, 0) is 13.3 Å². The maximum absolute atomic E-state index is 5.54. The highest BCUT2D eigenvalue weighted by atomic mass is 127. The Bertz CT molecular complexity index is 401. The van der Waals surface area contributed by atoms with E-state index in [4.69, 9.17) is 13.3 Å². The van der Waals surface area contributed by atoms with Crippen LogP contribution in [0, 0.1) is 0 Å². The fourth-order valence-electron chi connectivity index (χ4n) is 4.83. The molecule has 0 aliphatic carbocycles. The molecule has 0 saturated carbocycles. The van der Waals surface area contributed by atoms with Crippen LogP contribution in [0.1, 0.15) is 129 Å². The Morgan fingerprint density at radius 1 is 0.471 bits per heavy atom. The molecule has 0 aromatic rings. The molecule has 0 atom stereocenters. The van der Waals surface area contributed by atoms with Crippen LogP contribution in [0.2, 0.25) is 6.04 Å². The maximum Gasteiger partial charge on any atom is 0.500 e. The minimum Gasteiger partial charge on any atom is -1.00 e. The third kappa shape index (κ3) is 22.0. The summed E-state index contributed by atoms with van der Waals surface area (Å²) in [7, 11) is 7.41.